The number of carbonyl (C=O) groups excluding carboxylic acids is 2. The molecule has 0 aliphatic carbocycles. The Morgan fingerprint density at radius 3 is 2.08 bits per heavy atom. The number of Topliss-reactive ketones (excluding diaryl/α,β-unsaturated/α-hetero) is 1. The number of amides is 1. The highest BCUT2D eigenvalue weighted by atomic mass is 35.5. The normalized spacial score (nSPS) is 17.3. The van der Waals surface area contributed by atoms with Crippen LogP contribution in [-0.2, 0) is 15.0 Å². The van der Waals surface area contributed by atoms with E-state index in [1.54, 1.807) is 36.4 Å². The number of anilines is 1. The molecule has 1 atom stereocenters. The van der Waals surface area contributed by atoms with Crippen LogP contribution in [0.5, 0.6) is 11.5 Å². The molecule has 3 aromatic carbocycles. The van der Waals surface area contributed by atoms with E-state index < -0.39 is 17.7 Å². The van der Waals surface area contributed by atoms with Crippen LogP contribution in [0.4, 0.5) is 5.69 Å². The van der Waals surface area contributed by atoms with E-state index in [9.17, 15) is 14.7 Å². The van der Waals surface area contributed by atoms with Gasteiger partial charge in [-0.2, -0.15) is 0 Å². The van der Waals surface area contributed by atoms with Crippen LogP contribution in [0, 0.1) is 6.92 Å². The predicted octanol–water partition coefficient (Wildman–Crippen LogP) is 6.59. The summed E-state index contributed by atoms with van der Waals surface area (Å²) >= 11 is 6.30. The van der Waals surface area contributed by atoms with Gasteiger partial charge in [0.1, 0.15) is 22.8 Å². The Bertz CT molecular complexity index is 1380. The molecule has 1 amide bonds. The van der Waals surface area contributed by atoms with E-state index >= 15 is 0 Å². The Hall–Kier alpha value is -3.77. The van der Waals surface area contributed by atoms with Gasteiger partial charge < -0.3 is 14.6 Å². The van der Waals surface area contributed by atoms with Gasteiger partial charge in [0, 0.05) is 10.7 Å². The van der Waals surface area contributed by atoms with Crippen molar-refractivity contribution in [1.29, 1.82) is 0 Å². The van der Waals surface area contributed by atoms with Crippen LogP contribution in [0.1, 0.15) is 49.1 Å². The first-order valence-electron chi connectivity index (χ1n) is 11.9. The lowest BCUT2D eigenvalue weighted by atomic mass is 9.85. The first-order valence-corrected chi connectivity index (χ1v) is 12.3. The summed E-state index contributed by atoms with van der Waals surface area (Å²) in [6.45, 7) is 8.17. The number of ether oxygens (including phenoxy) is 2. The molecule has 1 heterocycles. The molecule has 1 unspecified atom stereocenters. The zero-order valence-corrected chi connectivity index (χ0v) is 22.5. The van der Waals surface area contributed by atoms with E-state index in [1.807, 2.05) is 31.2 Å². The SMILES string of the molecule is COc1cccc(OC)c1/C(O)=C1\C(=O)C(=O)N(c2cc(Cl)ccc2C)C1c1ccc(C(C)(C)C)cc1. The van der Waals surface area contributed by atoms with E-state index in [1.165, 1.54) is 19.1 Å². The molecule has 7 heteroatoms. The number of aliphatic hydroxyl groups is 1. The molecule has 1 fully saturated rings. The van der Waals surface area contributed by atoms with Crippen molar-refractivity contribution in [3.8, 4) is 11.5 Å². The van der Waals surface area contributed by atoms with Gasteiger partial charge in [-0.05, 0) is 53.3 Å². The van der Waals surface area contributed by atoms with Crippen molar-refractivity contribution in [3.05, 3.63) is 93.5 Å². The average Bonchev–Trinajstić information content (AvgIpc) is 3.14. The number of ketones is 1. The van der Waals surface area contributed by atoms with Gasteiger partial charge in [-0.1, -0.05) is 68.8 Å². The Balaban J connectivity index is 2.03. The summed E-state index contributed by atoms with van der Waals surface area (Å²) in [7, 11) is 2.92. The van der Waals surface area contributed by atoms with E-state index in [-0.39, 0.29) is 22.3 Å². The molecule has 0 aromatic heterocycles. The van der Waals surface area contributed by atoms with E-state index in [2.05, 4.69) is 20.8 Å². The molecule has 0 saturated carbocycles. The minimum absolute atomic E-state index is 0.0596. The standard InChI is InChI=1S/C30H30ClNO5/c1-17-10-15-20(31)16-21(17)32-26(18-11-13-19(14-12-18)30(2,3)4)25(28(34)29(32)35)27(33)24-22(36-5)8-7-9-23(24)37-6/h7-16,26,33H,1-6H3/b27-25+. The number of rotatable bonds is 5. The summed E-state index contributed by atoms with van der Waals surface area (Å²) in [5.74, 6) is -1.33. The molecule has 1 N–H and O–H groups in total. The fourth-order valence-electron chi connectivity index (χ4n) is 4.62. The number of methoxy groups -OCH3 is 2. The van der Waals surface area contributed by atoms with Crippen LogP contribution >= 0.6 is 11.6 Å². The third kappa shape index (κ3) is 4.69. The summed E-state index contributed by atoms with van der Waals surface area (Å²) in [4.78, 5) is 28.6. The van der Waals surface area contributed by atoms with Crippen molar-refractivity contribution < 1.29 is 24.2 Å². The van der Waals surface area contributed by atoms with Crippen LogP contribution in [0.3, 0.4) is 0 Å². The monoisotopic (exact) mass is 519 g/mol. The predicted molar refractivity (Wildman–Crippen MR) is 146 cm³/mol. The Kier molecular flexibility index (Phi) is 7.07. The number of benzene rings is 3. The largest absolute Gasteiger partial charge is 0.506 e. The molecule has 6 nitrogen and oxygen atoms in total. The van der Waals surface area contributed by atoms with Crippen molar-refractivity contribution in [3.63, 3.8) is 0 Å². The lowest BCUT2D eigenvalue weighted by Crippen LogP contribution is -2.30. The van der Waals surface area contributed by atoms with Crippen molar-refractivity contribution >= 4 is 34.7 Å². The van der Waals surface area contributed by atoms with Gasteiger partial charge in [0.05, 0.1) is 25.8 Å². The van der Waals surface area contributed by atoms with Crippen molar-refractivity contribution in [2.45, 2.75) is 39.2 Å². The van der Waals surface area contributed by atoms with Crippen LogP contribution in [0.15, 0.2) is 66.2 Å². The number of aryl methyl sites for hydroxylation is 1. The van der Waals surface area contributed by atoms with E-state index in [4.69, 9.17) is 21.1 Å². The zero-order chi connectivity index (χ0) is 27.1. The van der Waals surface area contributed by atoms with Gasteiger partial charge in [-0.25, -0.2) is 0 Å². The van der Waals surface area contributed by atoms with Crippen molar-refractivity contribution in [2.75, 3.05) is 19.1 Å². The summed E-state index contributed by atoms with van der Waals surface area (Å²) in [6, 6.07) is 17.0. The first kappa shape index (κ1) is 26.3. The minimum atomic E-state index is -0.902. The van der Waals surface area contributed by atoms with Gasteiger partial charge in [-0.15, -0.1) is 0 Å². The van der Waals surface area contributed by atoms with Crippen molar-refractivity contribution in [1.82, 2.24) is 0 Å². The summed E-state index contributed by atoms with van der Waals surface area (Å²) in [5.41, 5.74) is 3.07. The number of hydrogen-bond acceptors (Lipinski definition) is 5. The van der Waals surface area contributed by atoms with Gasteiger partial charge in [0.25, 0.3) is 11.7 Å². The van der Waals surface area contributed by atoms with Crippen LogP contribution in [0.25, 0.3) is 5.76 Å². The molecule has 1 aliphatic heterocycles. The van der Waals surface area contributed by atoms with Gasteiger partial charge in [0.2, 0.25) is 0 Å². The van der Waals surface area contributed by atoms with Crippen LogP contribution in [-0.4, -0.2) is 31.0 Å². The molecular formula is C30H30ClNO5. The topological polar surface area (TPSA) is 76.1 Å². The second-order valence-corrected chi connectivity index (χ2v) is 10.4. The first-order chi connectivity index (χ1) is 17.5. The van der Waals surface area contributed by atoms with E-state index in [0.717, 1.165) is 11.1 Å². The maximum absolute atomic E-state index is 13.6. The minimum Gasteiger partial charge on any atom is -0.506 e. The number of hydrogen-bond donors (Lipinski definition) is 1. The Morgan fingerprint density at radius 1 is 0.946 bits per heavy atom. The smallest absolute Gasteiger partial charge is 0.300 e. The lowest BCUT2D eigenvalue weighted by molar-refractivity contribution is -0.132. The Labute approximate surface area is 222 Å². The fourth-order valence-corrected chi connectivity index (χ4v) is 4.79. The molecular weight excluding hydrogens is 490 g/mol. The highest BCUT2D eigenvalue weighted by Gasteiger charge is 2.48. The molecule has 3 aromatic rings. The summed E-state index contributed by atoms with van der Waals surface area (Å²) in [6.07, 6.45) is 0. The van der Waals surface area contributed by atoms with Crippen LogP contribution in [0.2, 0.25) is 5.02 Å². The summed E-state index contributed by atoms with van der Waals surface area (Å²) < 4.78 is 10.9. The zero-order valence-electron chi connectivity index (χ0n) is 21.8. The molecule has 0 radical (unpaired) electrons. The Morgan fingerprint density at radius 2 is 1.54 bits per heavy atom. The van der Waals surface area contributed by atoms with Crippen molar-refractivity contribution in [2.24, 2.45) is 0 Å². The summed E-state index contributed by atoms with van der Waals surface area (Å²) in [5, 5.41) is 12.1. The average molecular weight is 520 g/mol. The molecule has 192 valence electrons. The second-order valence-electron chi connectivity index (χ2n) is 10.0. The highest BCUT2D eigenvalue weighted by molar-refractivity contribution is 6.52. The number of aliphatic hydroxyl groups excluding tert-OH is 1. The second kappa shape index (κ2) is 9.94. The molecule has 1 saturated heterocycles. The van der Waals surface area contributed by atoms with Gasteiger partial charge >= 0.3 is 0 Å². The van der Waals surface area contributed by atoms with E-state index in [0.29, 0.717) is 27.8 Å². The quantitative estimate of drug-likeness (QED) is 0.234. The number of nitrogens with zero attached hydrogens (tertiary/aromatic N) is 1. The third-order valence-corrected chi connectivity index (χ3v) is 6.87. The maximum atomic E-state index is 13.6. The molecule has 37 heavy (non-hydrogen) atoms. The van der Waals surface area contributed by atoms with Crippen LogP contribution < -0.4 is 14.4 Å². The highest BCUT2D eigenvalue weighted by Crippen LogP contribution is 2.46. The molecule has 4 rings (SSSR count). The molecule has 0 bridgehead atoms. The molecule has 1 aliphatic rings. The fraction of sp³-hybridized carbons (Fsp3) is 0.267. The third-order valence-electron chi connectivity index (χ3n) is 6.63. The number of halogens is 1. The van der Waals surface area contributed by atoms with Gasteiger partial charge in [0.15, 0.2) is 0 Å². The molecule has 0 spiro atoms. The van der Waals surface area contributed by atoms with Gasteiger partial charge in [-0.3, -0.25) is 14.5 Å². The maximum Gasteiger partial charge on any atom is 0.300 e. The number of carbonyl (C=O) groups is 2. The lowest BCUT2D eigenvalue weighted by Gasteiger charge is -2.28.